The molecule has 3 N–H and O–H groups in total. The standard InChI is InChI=1S/C14H23N3O2/c1-4-5-8-17(2)10-14(18)16-11-6-7-13(19-3)12(15)9-11/h6-7,9H,4-5,8,10,15H2,1-3H3,(H,16,18). The van der Waals surface area contributed by atoms with Gasteiger partial charge in [0, 0.05) is 5.69 Å². The molecular weight excluding hydrogens is 242 g/mol. The van der Waals surface area contributed by atoms with E-state index < -0.39 is 0 Å². The molecule has 0 saturated carbocycles. The second kappa shape index (κ2) is 7.63. The first-order valence-electron chi connectivity index (χ1n) is 6.48. The first-order chi connectivity index (χ1) is 9.06. The topological polar surface area (TPSA) is 67.6 Å². The molecule has 5 heteroatoms. The number of nitrogens with two attached hydrogens (primary N) is 1. The summed E-state index contributed by atoms with van der Waals surface area (Å²) < 4.78 is 5.07. The van der Waals surface area contributed by atoms with Gasteiger partial charge in [0.05, 0.1) is 19.3 Å². The fourth-order valence-electron chi connectivity index (χ4n) is 1.76. The third kappa shape index (κ3) is 5.18. The number of rotatable bonds is 7. The highest BCUT2D eigenvalue weighted by Crippen LogP contribution is 2.24. The Kier molecular flexibility index (Phi) is 6.15. The van der Waals surface area contributed by atoms with E-state index in [0.29, 0.717) is 23.7 Å². The van der Waals surface area contributed by atoms with Crippen LogP contribution in [-0.2, 0) is 4.79 Å². The summed E-state index contributed by atoms with van der Waals surface area (Å²) in [7, 11) is 3.50. The van der Waals surface area contributed by atoms with E-state index in [9.17, 15) is 4.79 Å². The summed E-state index contributed by atoms with van der Waals surface area (Å²) in [5.74, 6) is 0.571. The number of hydrogen-bond acceptors (Lipinski definition) is 4. The Hall–Kier alpha value is -1.75. The lowest BCUT2D eigenvalue weighted by Gasteiger charge is -2.16. The number of unbranched alkanes of at least 4 members (excludes halogenated alkanes) is 1. The predicted molar refractivity (Wildman–Crippen MR) is 78.4 cm³/mol. The van der Waals surface area contributed by atoms with Gasteiger partial charge in [0.2, 0.25) is 5.91 Å². The minimum atomic E-state index is -0.0387. The van der Waals surface area contributed by atoms with Gasteiger partial charge in [0.15, 0.2) is 0 Å². The van der Waals surface area contributed by atoms with Crippen LogP contribution in [0.4, 0.5) is 11.4 Å². The van der Waals surface area contributed by atoms with Crippen molar-refractivity contribution in [2.45, 2.75) is 19.8 Å². The van der Waals surface area contributed by atoms with Crippen LogP contribution >= 0.6 is 0 Å². The number of carbonyl (C=O) groups is 1. The van der Waals surface area contributed by atoms with Crippen LogP contribution in [0.3, 0.4) is 0 Å². The lowest BCUT2D eigenvalue weighted by atomic mass is 10.2. The second-order valence-corrected chi connectivity index (χ2v) is 4.60. The van der Waals surface area contributed by atoms with Crippen LogP contribution in [0.2, 0.25) is 0 Å². The number of methoxy groups -OCH3 is 1. The Labute approximate surface area is 114 Å². The van der Waals surface area contributed by atoms with Crippen molar-refractivity contribution < 1.29 is 9.53 Å². The van der Waals surface area contributed by atoms with Crippen LogP contribution in [-0.4, -0.2) is 38.1 Å². The van der Waals surface area contributed by atoms with Gasteiger partial charge in [-0.05, 0) is 38.2 Å². The van der Waals surface area contributed by atoms with Gasteiger partial charge in [0.1, 0.15) is 5.75 Å². The summed E-state index contributed by atoms with van der Waals surface area (Å²) in [6.45, 7) is 3.44. The molecule has 0 spiro atoms. The number of likely N-dealkylation sites (N-methyl/N-ethyl adjacent to an activating group) is 1. The highest BCUT2D eigenvalue weighted by atomic mass is 16.5. The molecule has 19 heavy (non-hydrogen) atoms. The Balaban J connectivity index is 2.50. The molecule has 0 fully saturated rings. The van der Waals surface area contributed by atoms with E-state index in [-0.39, 0.29) is 5.91 Å². The molecule has 0 radical (unpaired) electrons. The maximum Gasteiger partial charge on any atom is 0.238 e. The maximum atomic E-state index is 11.8. The number of carbonyl (C=O) groups excluding carboxylic acids is 1. The fourth-order valence-corrected chi connectivity index (χ4v) is 1.76. The monoisotopic (exact) mass is 265 g/mol. The third-order valence-corrected chi connectivity index (χ3v) is 2.82. The smallest absolute Gasteiger partial charge is 0.238 e. The molecule has 1 rings (SSSR count). The maximum absolute atomic E-state index is 11.8. The number of benzene rings is 1. The van der Waals surface area contributed by atoms with Gasteiger partial charge in [-0.1, -0.05) is 13.3 Å². The average molecular weight is 265 g/mol. The Morgan fingerprint density at radius 3 is 2.79 bits per heavy atom. The molecule has 0 aromatic heterocycles. The van der Waals surface area contributed by atoms with Crippen molar-refractivity contribution in [3.8, 4) is 5.75 Å². The second-order valence-electron chi connectivity index (χ2n) is 4.60. The summed E-state index contributed by atoms with van der Waals surface area (Å²) in [5.41, 5.74) is 6.99. The van der Waals surface area contributed by atoms with E-state index in [1.54, 1.807) is 25.3 Å². The minimum absolute atomic E-state index is 0.0387. The molecular formula is C14H23N3O2. The number of anilines is 2. The molecule has 0 heterocycles. The van der Waals surface area contributed by atoms with Crippen LogP contribution < -0.4 is 15.8 Å². The molecule has 0 aliphatic rings. The molecule has 1 amide bonds. The number of nitrogens with zero attached hydrogens (tertiary/aromatic N) is 1. The van der Waals surface area contributed by atoms with Crippen LogP contribution in [0.15, 0.2) is 18.2 Å². The molecule has 0 unspecified atom stereocenters. The summed E-state index contributed by atoms with van der Waals surface area (Å²) in [6, 6.07) is 5.22. The lowest BCUT2D eigenvalue weighted by molar-refractivity contribution is -0.117. The molecule has 1 aromatic carbocycles. The normalized spacial score (nSPS) is 10.5. The lowest BCUT2D eigenvalue weighted by Crippen LogP contribution is -2.30. The Morgan fingerprint density at radius 1 is 1.47 bits per heavy atom. The highest BCUT2D eigenvalue weighted by molar-refractivity contribution is 5.92. The molecule has 106 valence electrons. The quantitative estimate of drug-likeness (QED) is 0.739. The number of amides is 1. The molecule has 1 aromatic rings. The molecule has 0 atom stereocenters. The third-order valence-electron chi connectivity index (χ3n) is 2.82. The van der Waals surface area contributed by atoms with Crippen LogP contribution in [0, 0.1) is 0 Å². The largest absolute Gasteiger partial charge is 0.495 e. The Bertz CT molecular complexity index is 421. The number of ether oxygens (including phenoxy) is 1. The van der Waals surface area contributed by atoms with E-state index in [1.807, 2.05) is 11.9 Å². The summed E-state index contributed by atoms with van der Waals surface area (Å²) in [5, 5.41) is 2.83. The van der Waals surface area contributed by atoms with Gasteiger partial charge in [-0.3, -0.25) is 9.69 Å². The zero-order valence-electron chi connectivity index (χ0n) is 11.9. The van der Waals surface area contributed by atoms with E-state index in [1.165, 1.54) is 0 Å². The zero-order chi connectivity index (χ0) is 14.3. The van der Waals surface area contributed by atoms with E-state index in [4.69, 9.17) is 10.5 Å². The van der Waals surface area contributed by atoms with E-state index in [0.717, 1.165) is 19.4 Å². The van der Waals surface area contributed by atoms with Crippen LogP contribution in [0.1, 0.15) is 19.8 Å². The SMILES string of the molecule is CCCCN(C)CC(=O)Nc1ccc(OC)c(N)c1. The molecule has 5 nitrogen and oxygen atoms in total. The molecule has 0 aliphatic carbocycles. The fraction of sp³-hybridized carbons (Fsp3) is 0.500. The van der Waals surface area contributed by atoms with Gasteiger partial charge in [-0.25, -0.2) is 0 Å². The van der Waals surface area contributed by atoms with Crippen LogP contribution in [0.25, 0.3) is 0 Å². The van der Waals surface area contributed by atoms with Crippen molar-refractivity contribution >= 4 is 17.3 Å². The van der Waals surface area contributed by atoms with Crippen molar-refractivity contribution in [2.24, 2.45) is 0 Å². The van der Waals surface area contributed by atoms with Crippen molar-refractivity contribution in [3.05, 3.63) is 18.2 Å². The average Bonchev–Trinajstić information content (AvgIpc) is 2.36. The molecule has 0 aliphatic heterocycles. The van der Waals surface area contributed by atoms with E-state index in [2.05, 4.69) is 12.2 Å². The molecule has 0 bridgehead atoms. The summed E-state index contributed by atoms with van der Waals surface area (Å²) >= 11 is 0. The van der Waals surface area contributed by atoms with Gasteiger partial charge in [0.25, 0.3) is 0 Å². The van der Waals surface area contributed by atoms with Crippen LogP contribution in [0.5, 0.6) is 5.75 Å². The summed E-state index contributed by atoms with van der Waals surface area (Å²) in [6.07, 6.45) is 2.22. The molecule has 0 saturated heterocycles. The van der Waals surface area contributed by atoms with Gasteiger partial charge < -0.3 is 15.8 Å². The number of nitrogens with one attached hydrogen (secondary N) is 1. The van der Waals surface area contributed by atoms with Gasteiger partial charge in [-0.2, -0.15) is 0 Å². The van der Waals surface area contributed by atoms with E-state index >= 15 is 0 Å². The van der Waals surface area contributed by atoms with Crippen molar-refractivity contribution in [1.82, 2.24) is 4.90 Å². The zero-order valence-corrected chi connectivity index (χ0v) is 11.9. The van der Waals surface area contributed by atoms with Crippen molar-refractivity contribution in [1.29, 1.82) is 0 Å². The first kappa shape index (κ1) is 15.3. The van der Waals surface area contributed by atoms with Crippen molar-refractivity contribution in [3.63, 3.8) is 0 Å². The highest BCUT2D eigenvalue weighted by Gasteiger charge is 2.07. The van der Waals surface area contributed by atoms with Gasteiger partial charge >= 0.3 is 0 Å². The first-order valence-corrected chi connectivity index (χ1v) is 6.48. The predicted octanol–water partition coefficient (Wildman–Crippen LogP) is 1.95. The van der Waals surface area contributed by atoms with Gasteiger partial charge in [-0.15, -0.1) is 0 Å². The van der Waals surface area contributed by atoms with Crippen molar-refractivity contribution in [2.75, 3.05) is 38.3 Å². The number of hydrogen-bond donors (Lipinski definition) is 2. The summed E-state index contributed by atoms with van der Waals surface area (Å²) in [4.78, 5) is 13.8. The number of nitrogen functional groups attached to an aromatic ring is 1. The minimum Gasteiger partial charge on any atom is -0.495 e. The Morgan fingerprint density at radius 2 is 2.21 bits per heavy atom.